The van der Waals surface area contributed by atoms with E-state index in [0.717, 1.165) is 17.8 Å². The Morgan fingerprint density at radius 1 is 1.09 bits per heavy atom. The molecule has 9 nitrogen and oxygen atoms in total. The monoisotopic (exact) mass is 469 g/mol. The minimum absolute atomic E-state index is 0.150. The number of hydrogen-bond acceptors (Lipinski definition) is 7. The number of likely N-dealkylation sites (tertiary alicyclic amines) is 1. The van der Waals surface area contributed by atoms with Crippen LogP contribution in [0.2, 0.25) is 0 Å². The minimum Gasteiger partial charge on any atom is -0.454 e. The zero-order valence-corrected chi connectivity index (χ0v) is 18.4. The van der Waals surface area contributed by atoms with Gasteiger partial charge in [-0.1, -0.05) is 17.4 Å². The molecule has 0 spiro atoms. The smallest absolute Gasteiger partial charge is 0.322 e. The lowest BCUT2D eigenvalue weighted by molar-refractivity contribution is 0.102. The molecule has 3 amide bonds. The van der Waals surface area contributed by atoms with Gasteiger partial charge in [0.1, 0.15) is 10.8 Å². The third-order valence-electron chi connectivity index (χ3n) is 5.49. The lowest BCUT2D eigenvalue weighted by Gasteiger charge is -2.23. The highest BCUT2D eigenvalue weighted by Gasteiger charge is 2.33. The number of aromatic nitrogens is 2. The fraction of sp³-hybridized carbons (Fsp3) is 0.273. The van der Waals surface area contributed by atoms with Gasteiger partial charge in [-0.25, -0.2) is 9.18 Å². The molecule has 33 heavy (non-hydrogen) atoms. The highest BCUT2D eigenvalue weighted by Crippen LogP contribution is 2.36. The molecule has 11 heteroatoms. The van der Waals surface area contributed by atoms with Crippen LogP contribution in [-0.2, 0) is 0 Å². The summed E-state index contributed by atoms with van der Waals surface area (Å²) in [6.45, 7) is 2.34. The number of urea groups is 1. The molecule has 1 saturated heterocycles. The quantitative estimate of drug-likeness (QED) is 0.589. The summed E-state index contributed by atoms with van der Waals surface area (Å²) in [5, 5.41) is 14.5. The molecule has 5 rings (SSSR count). The van der Waals surface area contributed by atoms with Crippen molar-refractivity contribution in [1.29, 1.82) is 0 Å². The molecule has 1 fully saturated rings. The van der Waals surface area contributed by atoms with Crippen molar-refractivity contribution in [3.63, 3.8) is 0 Å². The number of carbonyl (C=O) groups is 2. The lowest BCUT2D eigenvalue weighted by Crippen LogP contribution is -2.34. The molecule has 2 aliphatic rings. The molecule has 3 heterocycles. The van der Waals surface area contributed by atoms with Crippen molar-refractivity contribution in [3.05, 3.63) is 57.8 Å². The summed E-state index contributed by atoms with van der Waals surface area (Å²) in [7, 11) is 0. The first-order valence-corrected chi connectivity index (χ1v) is 11.2. The second kappa shape index (κ2) is 8.66. The first kappa shape index (κ1) is 21.1. The topological polar surface area (TPSA) is 106 Å². The number of benzene rings is 2. The molecule has 2 N–H and O–H groups in total. The van der Waals surface area contributed by atoms with Crippen LogP contribution in [0.25, 0.3) is 0 Å². The van der Waals surface area contributed by atoms with Crippen molar-refractivity contribution in [2.24, 2.45) is 0 Å². The van der Waals surface area contributed by atoms with Gasteiger partial charge in [-0.3, -0.25) is 4.79 Å². The van der Waals surface area contributed by atoms with Gasteiger partial charge in [0.25, 0.3) is 5.91 Å². The average Bonchev–Trinajstić information content (AvgIpc) is 3.55. The van der Waals surface area contributed by atoms with Gasteiger partial charge in [-0.15, -0.1) is 10.2 Å². The Labute approximate surface area is 192 Å². The first-order valence-electron chi connectivity index (χ1n) is 10.4. The maximum Gasteiger partial charge on any atom is 0.322 e. The van der Waals surface area contributed by atoms with Crippen LogP contribution in [-0.4, -0.2) is 40.4 Å². The molecule has 1 atom stereocenters. The molecular weight excluding hydrogens is 449 g/mol. The van der Waals surface area contributed by atoms with Crippen LogP contribution in [0.5, 0.6) is 11.5 Å². The van der Waals surface area contributed by atoms with E-state index in [2.05, 4.69) is 20.8 Å². The van der Waals surface area contributed by atoms with Gasteiger partial charge in [0, 0.05) is 24.0 Å². The van der Waals surface area contributed by atoms with Gasteiger partial charge in [-0.05, 0) is 49.6 Å². The maximum absolute atomic E-state index is 13.8. The number of amides is 3. The molecule has 0 radical (unpaired) electrons. The number of fused-ring (bicyclic) bond motifs is 1. The van der Waals surface area contributed by atoms with Gasteiger partial charge in [0.2, 0.25) is 11.8 Å². The highest BCUT2D eigenvalue weighted by molar-refractivity contribution is 7.13. The van der Waals surface area contributed by atoms with Crippen LogP contribution in [0, 0.1) is 12.7 Å². The molecule has 2 aromatic carbocycles. The largest absolute Gasteiger partial charge is 0.454 e. The average molecular weight is 469 g/mol. The second-order valence-electron chi connectivity index (χ2n) is 7.71. The Hall–Kier alpha value is -3.73. The SMILES string of the molecule is Cc1ccc(NC(=O)N2CCCC2c2nnc(C(=O)Nc3ccc4c(c3)OCO4)s2)cc1F. The summed E-state index contributed by atoms with van der Waals surface area (Å²) >= 11 is 1.14. The number of rotatable bonds is 4. The normalized spacial score (nSPS) is 16.7. The van der Waals surface area contributed by atoms with E-state index in [0.29, 0.717) is 46.4 Å². The third-order valence-corrected chi connectivity index (χ3v) is 6.51. The van der Waals surface area contributed by atoms with Crippen LogP contribution in [0.3, 0.4) is 0 Å². The van der Waals surface area contributed by atoms with Crippen molar-refractivity contribution in [2.75, 3.05) is 24.0 Å². The number of halogens is 1. The zero-order chi connectivity index (χ0) is 22.9. The predicted molar refractivity (Wildman–Crippen MR) is 119 cm³/mol. The number of nitrogens with zero attached hydrogens (tertiary/aromatic N) is 3. The van der Waals surface area contributed by atoms with Crippen molar-refractivity contribution < 1.29 is 23.5 Å². The maximum atomic E-state index is 13.8. The van der Waals surface area contributed by atoms with Gasteiger partial charge >= 0.3 is 6.03 Å². The predicted octanol–water partition coefficient (Wildman–Crippen LogP) is 4.34. The number of hydrogen-bond donors (Lipinski definition) is 2. The van der Waals surface area contributed by atoms with Gasteiger partial charge in [0.05, 0.1) is 6.04 Å². The minimum atomic E-state index is -0.401. The van der Waals surface area contributed by atoms with E-state index in [-0.39, 0.29) is 29.7 Å². The molecule has 0 bridgehead atoms. The number of carbonyl (C=O) groups excluding carboxylic acids is 2. The molecule has 170 valence electrons. The molecule has 1 aromatic heterocycles. The van der Waals surface area contributed by atoms with E-state index in [4.69, 9.17) is 9.47 Å². The summed E-state index contributed by atoms with van der Waals surface area (Å²) in [6.07, 6.45) is 1.49. The molecule has 0 saturated carbocycles. The Morgan fingerprint density at radius 3 is 2.73 bits per heavy atom. The van der Waals surface area contributed by atoms with Crippen molar-refractivity contribution in [1.82, 2.24) is 15.1 Å². The summed E-state index contributed by atoms with van der Waals surface area (Å²) in [6, 6.07) is 9.03. The Kier molecular flexibility index (Phi) is 5.55. The standard InChI is InChI=1S/C22H20FN5O4S/c1-12-4-5-13(9-15(12)23)25-22(30)28-8-2-3-16(28)20-26-27-21(33-20)19(29)24-14-6-7-17-18(10-14)32-11-31-17/h4-7,9-10,16H,2-3,8,11H2,1H3,(H,24,29)(H,25,30). The number of anilines is 2. The van der Waals surface area contributed by atoms with Crippen LogP contribution in [0.15, 0.2) is 36.4 Å². The molecule has 1 unspecified atom stereocenters. The molecule has 3 aromatic rings. The summed E-state index contributed by atoms with van der Waals surface area (Å²) in [5.41, 5.74) is 1.44. The van der Waals surface area contributed by atoms with Crippen molar-refractivity contribution in [2.45, 2.75) is 25.8 Å². The van der Waals surface area contributed by atoms with Crippen LogP contribution in [0.4, 0.5) is 20.6 Å². The zero-order valence-electron chi connectivity index (χ0n) is 17.6. The number of ether oxygens (including phenoxy) is 2. The van der Waals surface area contributed by atoms with Gasteiger partial charge in [0.15, 0.2) is 11.5 Å². The highest BCUT2D eigenvalue weighted by atomic mass is 32.1. The Bertz CT molecular complexity index is 1230. The molecule has 0 aliphatic carbocycles. The van der Waals surface area contributed by atoms with E-state index in [9.17, 15) is 14.0 Å². The number of nitrogens with one attached hydrogen (secondary N) is 2. The third kappa shape index (κ3) is 4.31. The fourth-order valence-electron chi connectivity index (χ4n) is 3.75. The summed E-state index contributed by atoms with van der Waals surface area (Å²) in [4.78, 5) is 27.1. The molecule has 2 aliphatic heterocycles. The van der Waals surface area contributed by atoms with E-state index in [1.165, 1.54) is 6.07 Å². The Morgan fingerprint density at radius 2 is 1.88 bits per heavy atom. The van der Waals surface area contributed by atoms with Gasteiger partial charge in [-0.2, -0.15) is 0 Å². The first-order chi connectivity index (χ1) is 16.0. The second-order valence-corrected chi connectivity index (χ2v) is 8.72. The molecular formula is C22H20FN5O4S. The van der Waals surface area contributed by atoms with E-state index >= 15 is 0 Å². The van der Waals surface area contributed by atoms with Crippen LogP contribution < -0.4 is 20.1 Å². The van der Waals surface area contributed by atoms with Gasteiger partial charge < -0.3 is 25.0 Å². The van der Waals surface area contributed by atoms with E-state index in [1.54, 1.807) is 42.2 Å². The van der Waals surface area contributed by atoms with Crippen LogP contribution >= 0.6 is 11.3 Å². The lowest BCUT2D eigenvalue weighted by atomic mass is 10.2. The van der Waals surface area contributed by atoms with Crippen molar-refractivity contribution in [3.8, 4) is 11.5 Å². The van der Waals surface area contributed by atoms with Crippen LogP contribution in [0.1, 0.15) is 39.3 Å². The van der Waals surface area contributed by atoms with Crippen molar-refractivity contribution >= 4 is 34.6 Å². The summed E-state index contributed by atoms with van der Waals surface area (Å²) < 4.78 is 24.4. The number of aryl methyl sites for hydroxylation is 1. The summed E-state index contributed by atoms with van der Waals surface area (Å²) in [5.74, 6) is 0.403. The Balaban J connectivity index is 1.26. The fourth-order valence-corrected chi connectivity index (χ4v) is 4.64. The van der Waals surface area contributed by atoms with E-state index in [1.807, 2.05) is 0 Å². The van der Waals surface area contributed by atoms with E-state index < -0.39 is 5.91 Å².